The molecule has 0 unspecified atom stereocenters. The van der Waals surface area contributed by atoms with Crippen LogP contribution >= 0.6 is 0 Å². The quantitative estimate of drug-likeness (QED) is 0.830. The van der Waals surface area contributed by atoms with E-state index in [1.54, 1.807) is 10.6 Å². The molecule has 4 heterocycles. The van der Waals surface area contributed by atoms with E-state index in [-0.39, 0.29) is 0 Å². The van der Waals surface area contributed by atoms with Crippen LogP contribution < -0.4 is 0 Å². The second-order valence-corrected chi connectivity index (χ2v) is 9.06. The monoisotopic (exact) mass is 374 g/mol. The van der Waals surface area contributed by atoms with Gasteiger partial charge in [-0.3, -0.25) is 4.90 Å². The van der Waals surface area contributed by atoms with Gasteiger partial charge in [-0.25, -0.2) is 13.4 Å². The number of sulfonamides is 1. The van der Waals surface area contributed by atoms with E-state index in [0.717, 1.165) is 36.6 Å². The Morgan fingerprint density at radius 3 is 2.73 bits per heavy atom. The molecule has 1 spiro atoms. The standard InChI is InChI=1S/C17H22N6O2S/c1-26(24,25)23-5-2-15-16(21-12-20-15)17(23)3-6-22(7-4-17)11-13-8-14(9-18)19-10-13/h8,10,12,19H,2-7,11H2,1H3,(H,20,21). The van der Waals surface area contributed by atoms with Crippen molar-refractivity contribution < 1.29 is 8.42 Å². The van der Waals surface area contributed by atoms with Gasteiger partial charge in [0.1, 0.15) is 11.8 Å². The number of rotatable bonds is 3. The van der Waals surface area contributed by atoms with E-state index in [2.05, 4.69) is 25.9 Å². The predicted molar refractivity (Wildman–Crippen MR) is 95.5 cm³/mol. The number of nitrogens with one attached hydrogen (secondary N) is 2. The van der Waals surface area contributed by atoms with E-state index in [4.69, 9.17) is 5.26 Å². The Morgan fingerprint density at radius 2 is 2.08 bits per heavy atom. The molecule has 0 amide bonds. The molecule has 26 heavy (non-hydrogen) atoms. The molecule has 2 aromatic rings. The van der Waals surface area contributed by atoms with Crippen LogP contribution in [0, 0.1) is 11.3 Å². The second kappa shape index (κ2) is 6.23. The molecular formula is C17H22N6O2S. The number of piperidine rings is 1. The molecule has 8 nitrogen and oxygen atoms in total. The minimum absolute atomic E-state index is 0.497. The molecule has 138 valence electrons. The van der Waals surface area contributed by atoms with Crippen molar-refractivity contribution in [3.63, 3.8) is 0 Å². The lowest BCUT2D eigenvalue weighted by Crippen LogP contribution is -2.57. The summed E-state index contributed by atoms with van der Waals surface area (Å²) in [5.41, 5.74) is 3.03. The molecule has 0 bridgehead atoms. The summed E-state index contributed by atoms with van der Waals surface area (Å²) in [6.07, 6.45) is 6.93. The normalized spacial score (nSPS) is 20.8. The van der Waals surface area contributed by atoms with E-state index >= 15 is 0 Å². The maximum atomic E-state index is 12.4. The molecule has 0 radical (unpaired) electrons. The molecule has 0 aromatic carbocycles. The fourth-order valence-electron chi connectivity index (χ4n) is 4.36. The van der Waals surface area contributed by atoms with E-state index < -0.39 is 15.6 Å². The predicted octanol–water partition coefficient (Wildman–Crippen LogP) is 0.918. The summed E-state index contributed by atoms with van der Waals surface area (Å²) >= 11 is 0. The molecule has 0 saturated carbocycles. The van der Waals surface area contributed by atoms with Crippen molar-refractivity contribution in [1.82, 2.24) is 24.2 Å². The third kappa shape index (κ3) is 2.84. The summed E-state index contributed by atoms with van der Waals surface area (Å²) < 4.78 is 26.5. The van der Waals surface area contributed by atoms with Crippen LogP contribution in [0.1, 0.15) is 35.5 Å². The first-order chi connectivity index (χ1) is 12.4. The lowest BCUT2D eigenvalue weighted by atomic mass is 9.80. The average molecular weight is 374 g/mol. The van der Waals surface area contributed by atoms with Gasteiger partial charge in [-0.15, -0.1) is 0 Å². The molecule has 0 atom stereocenters. The molecule has 2 aliphatic rings. The number of nitrogens with zero attached hydrogens (tertiary/aromatic N) is 4. The summed E-state index contributed by atoms with van der Waals surface area (Å²) in [7, 11) is -3.31. The maximum Gasteiger partial charge on any atom is 0.212 e. The van der Waals surface area contributed by atoms with Crippen LogP contribution in [0.5, 0.6) is 0 Å². The summed E-state index contributed by atoms with van der Waals surface area (Å²) in [5.74, 6) is 0. The number of imidazole rings is 1. The molecule has 0 aliphatic carbocycles. The van der Waals surface area contributed by atoms with Crippen LogP contribution in [0.25, 0.3) is 0 Å². The number of fused-ring (bicyclic) bond motifs is 2. The minimum Gasteiger partial charge on any atom is -0.353 e. The molecule has 1 fully saturated rings. The van der Waals surface area contributed by atoms with Gasteiger partial charge in [-0.2, -0.15) is 9.57 Å². The SMILES string of the molecule is CS(=O)(=O)N1CCc2[nH]cnc2C12CCN(Cc1c[nH]c(C#N)c1)CC2. The van der Waals surface area contributed by atoms with Crippen molar-refractivity contribution in [3.05, 3.63) is 41.2 Å². The lowest BCUT2D eigenvalue weighted by molar-refractivity contribution is 0.0604. The molecule has 1 saturated heterocycles. The van der Waals surface area contributed by atoms with Gasteiger partial charge < -0.3 is 9.97 Å². The Hall–Kier alpha value is -2.15. The van der Waals surface area contributed by atoms with Gasteiger partial charge >= 0.3 is 0 Å². The van der Waals surface area contributed by atoms with E-state index in [1.807, 2.05) is 12.3 Å². The smallest absolute Gasteiger partial charge is 0.212 e. The highest BCUT2D eigenvalue weighted by molar-refractivity contribution is 7.88. The van der Waals surface area contributed by atoms with Crippen molar-refractivity contribution in [1.29, 1.82) is 5.26 Å². The summed E-state index contributed by atoms with van der Waals surface area (Å²) in [5, 5.41) is 8.93. The highest BCUT2D eigenvalue weighted by atomic mass is 32.2. The lowest BCUT2D eigenvalue weighted by Gasteiger charge is -2.49. The van der Waals surface area contributed by atoms with E-state index in [9.17, 15) is 8.42 Å². The van der Waals surface area contributed by atoms with Gasteiger partial charge in [-0.1, -0.05) is 0 Å². The number of hydrogen-bond donors (Lipinski definition) is 2. The highest BCUT2D eigenvalue weighted by Crippen LogP contribution is 2.43. The van der Waals surface area contributed by atoms with Crippen molar-refractivity contribution in [2.75, 3.05) is 25.9 Å². The van der Waals surface area contributed by atoms with E-state index in [0.29, 0.717) is 31.5 Å². The number of aromatic nitrogens is 3. The first-order valence-corrected chi connectivity index (χ1v) is 10.6. The fourth-order valence-corrected chi connectivity index (χ4v) is 5.69. The van der Waals surface area contributed by atoms with Gasteiger partial charge in [0.2, 0.25) is 10.0 Å². The van der Waals surface area contributed by atoms with Crippen molar-refractivity contribution >= 4 is 10.0 Å². The molecular weight excluding hydrogens is 352 g/mol. The van der Waals surface area contributed by atoms with Gasteiger partial charge in [0, 0.05) is 44.5 Å². The van der Waals surface area contributed by atoms with Gasteiger partial charge in [0.15, 0.2) is 0 Å². The molecule has 9 heteroatoms. The van der Waals surface area contributed by atoms with Crippen LogP contribution in [0.3, 0.4) is 0 Å². The Labute approximate surface area is 152 Å². The topological polar surface area (TPSA) is 109 Å². The van der Waals surface area contributed by atoms with Crippen molar-refractivity contribution in [2.24, 2.45) is 0 Å². The van der Waals surface area contributed by atoms with Crippen LogP contribution in [0.15, 0.2) is 18.6 Å². The maximum absolute atomic E-state index is 12.4. The number of H-pyrrole nitrogens is 2. The Balaban J connectivity index is 1.56. The largest absolute Gasteiger partial charge is 0.353 e. The molecule has 2 N–H and O–H groups in total. The summed E-state index contributed by atoms with van der Waals surface area (Å²) in [4.78, 5) is 12.9. The average Bonchev–Trinajstić information content (AvgIpc) is 3.25. The zero-order valence-electron chi connectivity index (χ0n) is 14.7. The van der Waals surface area contributed by atoms with E-state index in [1.165, 1.54) is 6.26 Å². The van der Waals surface area contributed by atoms with Crippen LogP contribution in [-0.2, 0) is 28.5 Å². The molecule has 4 rings (SSSR count). The fraction of sp³-hybridized carbons (Fsp3) is 0.529. The molecule has 2 aliphatic heterocycles. The van der Waals surface area contributed by atoms with Crippen molar-refractivity contribution in [2.45, 2.75) is 31.3 Å². The van der Waals surface area contributed by atoms with Gasteiger partial charge in [-0.05, 0) is 24.5 Å². The first kappa shape index (κ1) is 17.3. The third-order valence-electron chi connectivity index (χ3n) is 5.55. The number of nitriles is 1. The summed E-state index contributed by atoms with van der Waals surface area (Å²) in [6.45, 7) is 2.81. The first-order valence-electron chi connectivity index (χ1n) is 8.73. The number of likely N-dealkylation sites (tertiary alicyclic amines) is 1. The number of hydrogen-bond acceptors (Lipinski definition) is 5. The third-order valence-corrected chi connectivity index (χ3v) is 6.89. The van der Waals surface area contributed by atoms with Crippen LogP contribution in [-0.4, -0.2) is 58.5 Å². The second-order valence-electron chi connectivity index (χ2n) is 7.16. The molecule has 2 aromatic heterocycles. The van der Waals surface area contributed by atoms with Crippen molar-refractivity contribution in [3.8, 4) is 6.07 Å². The Morgan fingerprint density at radius 1 is 1.31 bits per heavy atom. The number of aromatic amines is 2. The Kier molecular flexibility index (Phi) is 4.14. The Bertz CT molecular complexity index is 946. The minimum atomic E-state index is -3.31. The van der Waals surface area contributed by atoms with Crippen LogP contribution in [0.2, 0.25) is 0 Å². The zero-order valence-corrected chi connectivity index (χ0v) is 15.5. The van der Waals surface area contributed by atoms with Crippen LogP contribution in [0.4, 0.5) is 0 Å². The zero-order chi connectivity index (χ0) is 18.4. The van der Waals surface area contributed by atoms with Gasteiger partial charge in [0.05, 0.1) is 23.8 Å². The highest BCUT2D eigenvalue weighted by Gasteiger charge is 2.50. The summed E-state index contributed by atoms with van der Waals surface area (Å²) in [6, 6.07) is 3.96. The van der Waals surface area contributed by atoms with Gasteiger partial charge in [0.25, 0.3) is 0 Å².